The topological polar surface area (TPSA) is 200 Å². The number of carboxylic acids is 1. The highest BCUT2D eigenvalue weighted by Gasteiger charge is 2.29. The molecule has 2 amide bonds. The Morgan fingerprint density at radius 1 is 0.941 bits per heavy atom. The maximum Gasteiger partial charge on any atom is 0.322 e. The van der Waals surface area contributed by atoms with Gasteiger partial charge in [-0.15, -0.1) is 11.8 Å². The Hall–Kier alpha value is -2.87. The van der Waals surface area contributed by atoms with Gasteiger partial charge in [0, 0.05) is 12.2 Å². The van der Waals surface area contributed by atoms with E-state index < -0.39 is 59.6 Å². The Morgan fingerprint density at radius 3 is 2.09 bits per heavy atom. The van der Waals surface area contributed by atoms with Crippen molar-refractivity contribution < 1.29 is 48.1 Å². The second-order valence-electron chi connectivity index (χ2n) is 6.71. The van der Waals surface area contributed by atoms with Gasteiger partial charge in [-0.3, -0.25) is 28.8 Å². The number of ether oxygens (including phenoxy) is 3. The summed E-state index contributed by atoms with van der Waals surface area (Å²) in [5.74, 6) is -4.92. The zero-order valence-electron chi connectivity index (χ0n) is 19.5. The van der Waals surface area contributed by atoms with Gasteiger partial charge in [0.2, 0.25) is 11.8 Å². The van der Waals surface area contributed by atoms with Gasteiger partial charge in [-0.1, -0.05) is 0 Å². The van der Waals surface area contributed by atoms with Crippen molar-refractivity contribution in [3.05, 3.63) is 0 Å². The zero-order valence-corrected chi connectivity index (χ0v) is 20.3. The number of carbonyl (C=O) groups excluding carboxylic acids is 5. The van der Waals surface area contributed by atoms with Crippen molar-refractivity contribution in [3.63, 3.8) is 0 Å². The normalized spacial score (nSPS) is 13.1. The van der Waals surface area contributed by atoms with E-state index in [-0.39, 0.29) is 44.8 Å². The molecule has 0 radical (unpaired) electrons. The van der Waals surface area contributed by atoms with Crippen LogP contribution in [-0.2, 0) is 43.0 Å². The number of carboxylic acid groups (broad SMARTS) is 1. The molecule has 0 saturated carbocycles. The summed E-state index contributed by atoms with van der Waals surface area (Å²) in [6.07, 6.45) is -0.573. The van der Waals surface area contributed by atoms with Crippen LogP contribution in [0.1, 0.15) is 40.0 Å². The van der Waals surface area contributed by atoms with E-state index in [2.05, 4.69) is 10.6 Å². The molecule has 194 valence electrons. The Balaban J connectivity index is 5.23. The van der Waals surface area contributed by atoms with Crippen molar-refractivity contribution in [1.82, 2.24) is 10.6 Å². The fraction of sp³-hybridized carbons (Fsp3) is 0.700. The van der Waals surface area contributed by atoms with Crippen molar-refractivity contribution in [1.29, 1.82) is 0 Å². The van der Waals surface area contributed by atoms with Crippen molar-refractivity contribution in [2.45, 2.75) is 57.4 Å². The Kier molecular flexibility index (Phi) is 16.1. The summed E-state index contributed by atoms with van der Waals surface area (Å²) in [4.78, 5) is 71.2. The van der Waals surface area contributed by atoms with Crippen LogP contribution in [0.2, 0.25) is 0 Å². The van der Waals surface area contributed by atoms with E-state index in [1.54, 1.807) is 20.8 Å². The summed E-state index contributed by atoms with van der Waals surface area (Å²) in [5, 5.41) is 12.4. The molecular weight excluding hydrogens is 474 g/mol. The van der Waals surface area contributed by atoms with E-state index in [0.29, 0.717) is 0 Å². The van der Waals surface area contributed by atoms with Gasteiger partial charge in [0.1, 0.15) is 23.9 Å². The average Bonchev–Trinajstić information content (AvgIpc) is 2.77. The van der Waals surface area contributed by atoms with Crippen LogP contribution in [-0.4, -0.2) is 90.2 Å². The van der Waals surface area contributed by atoms with Gasteiger partial charge >= 0.3 is 23.9 Å². The van der Waals surface area contributed by atoms with Crippen LogP contribution >= 0.6 is 11.8 Å². The van der Waals surface area contributed by atoms with Crippen LogP contribution in [0, 0.1) is 0 Å². The number of hydrogen-bond donors (Lipinski definition) is 4. The molecule has 0 saturated heterocycles. The van der Waals surface area contributed by atoms with Crippen LogP contribution < -0.4 is 16.4 Å². The molecule has 3 unspecified atom stereocenters. The largest absolute Gasteiger partial charge is 0.480 e. The van der Waals surface area contributed by atoms with E-state index in [4.69, 9.17) is 25.1 Å². The molecule has 0 aliphatic rings. The number of nitrogens with one attached hydrogen (secondary N) is 2. The third-order valence-electron chi connectivity index (χ3n) is 4.01. The molecule has 0 aromatic heterocycles. The smallest absolute Gasteiger partial charge is 0.322 e. The monoisotopic (exact) mass is 507 g/mol. The average molecular weight is 508 g/mol. The first-order valence-electron chi connectivity index (χ1n) is 10.7. The molecule has 0 rings (SSSR count). The van der Waals surface area contributed by atoms with E-state index in [1.807, 2.05) is 0 Å². The molecule has 5 N–H and O–H groups in total. The summed E-state index contributed by atoms with van der Waals surface area (Å²) < 4.78 is 14.6. The van der Waals surface area contributed by atoms with Crippen LogP contribution in [0.5, 0.6) is 0 Å². The number of hydrogen-bond acceptors (Lipinski definition) is 11. The van der Waals surface area contributed by atoms with Gasteiger partial charge in [-0.05, 0) is 27.2 Å². The predicted octanol–water partition coefficient (Wildman–Crippen LogP) is -1.04. The van der Waals surface area contributed by atoms with Gasteiger partial charge in [0.25, 0.3) is 0 Å². The number of aliphatic carboxylic acids is 1. The van der Waals surface area contributed by atoms with Crippen LogP contribution in [0.3, 0.4) is 0 Å². The molecule has 0 heterocycles. The Morgan fingerprint density at radius 2 is 1.53 bits per heavy atom. The maximum absolute atomic E-state index is 12.4. The van der Waals surface area contributed by atoms with Crippen molar-refractivity contribution in [3.8, 4) is 0 Å². The van der Waals surface area contributed by atoms with Gasteiger partial charge in [-0.25, -0.2) is 0 Å². The first-order chi connectivity index (χ1) is 16.0. The molecule has 0 aliphatic heterocycles. The molecule has 0 bridgehead atoms. The van der Waals surface area contributed by atoms with Crippen molar-refractivity contribution in [2.75, 3.05) is 32.1 Å². The summed E-state index contributed by atoms with van der Waals surface area (Å²) in [6.45, 7) is 4.44. The molecule has 0 aliphatic carbocycles. The molecule has 34 heavy (non-hydrogen) atoms. The van der Waals surface area contributed by atoms with Crippen molar-refractivity contribution >= 4 is 47.5 Å². The lowest BCUT2D eigenvalue weighted by Crippen LogP contribution is -2.50. The third kappa shape index (κ3) is 13.6. The maximum atomic E-state index is 12.4. The quantitative estimate of drug-likeness (QED) is 0.138. The number of thioether (sulfide) groups is 1. The molecule has 0 aromatic carbocycles. The number of carbonyl (C=O) groups is 6. The molecule has 3 atom stereocenters. The fourth-order valence-corrected chi connectivity index (χ4v) is 3.54. The van der Waals surface area contributed by atoms with Gasteiger partial charge < -0.3 is 35.7 Å². The first-order valence-corrected chi connectivity index (χ1v) is 11.7. The highest BCUT2D eigenvalue weighted by atomic mass is 32.2. The zero-order chi connectivity index (χ0) is 26.1. The van der Waals surface area contributed by atoms with Crippen molar-refractivity contribution in [2.24, 2.45) is 5.73 Å². The number of rotatable bonds is 17. The lowest BCUT2D eigenvalue weighted by molar-refractivity contribution is -0.149. The minimum absolute atomic E-state index is 0.0460. The fourth-order valence-electron chi connectivity index (χ4n) is 2.42. The molecule has 0 spiro atoms. The molecule has 0 fully saturated rings. The molecule has 13 nitrogen and oxygen atoms in total. The molecule has 14 heteroatoms. The molecular formula is C20H33N3O10S. The second kappa shape index (κ2) is 17.6. The lowest BCUT2D eigenvalue weighted by atomic mass is 10.1. The second-order valence-corrected chi connectivity index (χ2v) is 7.95. The minimum Gasteiger partial charge on any atom is -0.480 e. The van der Waals surface area contributed by atoms with Gasteiger partial charge in [-0.2, -0.15) is 0 Å². The number of amides is 2. The van der Waals surface area contributed by atoms with Gasteiger partial charge in [0.05, 0.1) is 26.2 Å². The predicted molar refractivity (Wildman–Crippen MR) is 121 cm³/mol. The van der Waals surface area contributed by atoms with Crippen LogP contribution in [0.4, 0.5) is 0 Å². The van der Waals surface area contributed by atoms with E-state index in [9.17, 15) is 28.8 Å². The molecule has 0 aromatic rings. The summed E-state index contributed by atoms with van der Waals surface area (Å²) >= 11 is 0.875. The lowest BCUT2D eigenvalue weighted by Gasteiger charge is -2.21. The Labute approximate surface area is 201 Å². The first kappa shape index (κ1) is 31.1. The highest BCUT2D eigenvalue weighted by molar-refractivity contribution is 8.00. The summed E-state index contributed by atoms with van der Waals surface area (Å²) in [6, 6.07) is -2.27. The van der Waals surface area contributed by atoms with Crippen LogP contribution in [0.15, 0.2) is 0 Å². The number of esters is 3. The summed E-state index contributed by atoms with van der Waals surface area (Å²) in [7, 11) is 0. The standard InChI is InChI=1S/C20H33N3O10S/c1-4-31-17(27)9-14(20(30)33-6-3)34-11-13(18(28)22-10-16(25)26)23-15(24)8-7-12(21)19(29)32-5-2/h12-14H,4-11,21H2,1-3H3,(H,22,28)(H,23,24)(H,25,26). The SMILES string of the molecule is CCOC(=O)CC(SCC(NC(=O)CCC(N)C(=O)OCC)C(=O)NCC(=O)O)C(=O)OCC. The Bertz CT molecular complexity index is 719. The number of nitrogens with two attached hydrogens (primary N) is 1. The van der Waals surface area contributed by atoms with E-state index in [1.165, 1.54) is 0 Å². The minimum atomic E-state index is -1.29. The summed E-state index contributed by atoms with van der Waals surface area (Å²) in [5.41, 5.74) is 5.66. The highest BCUT2D eigenvalue weighted by Crippen LogP contribution is 2.19. The van der Waals surface area contributed by atoms with E-state index in [0.717, 1.165) is 11.8 Å². The van der Waals surface area contributed by atoms with Crippen LogP contribution in [0.25, 0.3) is 0 Å². The van der Waals surface area contributed by atoms with Gasteiger partial charge in [0.15, 0.2) is 0 Å². The van der Waals surface area contributed by atoms with E-state index >= 15 is 0 Å². The third-order valence-corrected chi connectivity index (χ3v) is 5.30.